The number of rotatable bonds is 2. The quantitative estimate of drug-likeness (QED) is 0.759. The first kappa shape index (κ1) is 11.2. The summed E-state index contributed by atoms with van der Waals surface area (Å²) in [6, 6.07) is 11.5. The van der Waals surface area contributed by atoms with E-state index in [2.05, 4.69) is 4.74 Å². The number of thiophene rings is 1. The molecular weight excluding hydrogens is 244 g/mol. The van der Waals surface area contributed by atoms with Crippen molar-refractivity contribution in [1.29, 1.82) is 0 Å². The molecule has 0 saturated heterocycles. The number of benzene rings is 1. The highest BCUT2D eigenvalue weighted by atomic mass is 35.5. The fourth-order valence-electron chi connectivity index (χ4n) is 1.38. The van der Waals surface area contributed by atoms with Crippen molar-refractivity contribution in [3.05, 3.63) is 45.6 Å². The molecule has 2 nitrogen and oxygen atoms in total. The average molecular weight is 253 g/mol. The van der Waals surface area contributed by atoms with Gasteiger partial charge in [0.2, 0.25) is 0 Å². The predicted octanol–water partition coefficient (Wildman–Crippen LogP) is 3.86. The molecule has 0 radical (unpaired) electrons. The van der Waals surface area contributed by atoms with Crippen LogP contribution in [0, 0.1) is 0 Å². The fourth-order valence-corrected chi connectivity index (χ4v) is 2.62. The number of carbonyl (C=O) groups excluding carboxylic acids is 1. The number of hydrogen-bond acceptors (Lipinski definition) is 3. The van der Waals surface area contributed by atoms with Crippen LogP contribution in [0.4, 0.5) is 0 Å². The van der Waals surface area contributed by atoms with Crippen LogP contribution < -0.4 is 0 Å². The van der Waals surface area contributed by atoms with Crippen LogP contribution in [0.15, 0.2) is 36.4 Å². The number of hydrogen-bond donors (Lipinski definition) is 0. The largest absolute Gasteiger partial charge is 0.465 e. The molecule has 0 unspecified atom stereocenters. The number of ether oxygens (including phenoxy) is 1. The van der Waals surface area contributed by atoms with Crippen molar-refractivity contribution in [1.82, 2.24) is 0 Å². The average Bonchev–Trinajstić information content (AvgIpc) is 2.71. The molecule has 0 aliphatic heterocycles. The van der Waals surface area contributed by atoms with Crippen LogP contribution in [0.5, 0.6) is 0 Å². The van der Waals surface area contributed by atoms with E-state index in [1.54, 1.807) is 6.07 Å². The van der Waals surface area contributed by atoms with Gasteiger partial charge in [-0.3, -0.25) is 0 Å². The van der Waals surface area contributed by atoms with Crippen LogP contribution in [-0.2, 0) is 4.74 Å². The molecular formula is C12H9ClO2S. The van der Waals surface area contributed by atoms with Gasteiger partial charge < -0.3 is 4.74 Å². The first-order valence-corrected chi connectivity index (χ1v) is 5.85. The van der Waals surface area contributed by atoms with E-state index in [0.29, 0.717) is 9.21 Å². The third-order valence-corrected chi connectivity index (χ3v) is 3.50. The Hall–Kier alpha value is -1.32. The van der Waals surface area contributed by atoms with E-state index in [4.69, 9.17) is 11.6 Å². The summed E-state index contributed by atoms with van der Waals surface area (Å²) in [6.45, 7) is 0. The normalized spacial score (nSPS) is 10.1. The smallest absolute Gasteiger partial charge is 0.348 e. The van der Waals surface area contributed by atoms with Gasteiger partial charge in [-0.05, 0) is 11.6 Å². The van der Waals surface area contributed by atoms with Crippen molar-refractivity contribution in [3.63, 3.8) is 0 Å². The van der Waals surface area contributed by atoms with Crippen LogP contribution in [-0.4, -0.2) is 13.1 Å². The second-order valence-corrected chi connectivity index (χ2v) is 4.81. The van der Waals surface area contributed by atoms with Gasteiger partial charge >= 0.3 is 5.97 Å². The molecule has 4 heteroatoms. The molecule has 1 heterocycles. The van der Waals surface area contributed by atoms with Crippen LogP contribution in [0.3, 0.4) is 0 Å². The van der Waals surface area contributed by atoms with Crippen molar-refractivity contribution >= 4 is 28.9 Å². The van der Waals surface area contributed by atoms with Gasteiger partial charge in [0.25, 0.3) is 0 Å². The number of carbonyl (C=O) groups is 1. The summed E-state index contributed by atoms with van der Waals surface area (Å²) in [5.74, 6) is -0.353. The van der Waals surface area contributed by atoms with Gasteiger partial charge in [0.15, 0.2) is 0 Å². The molecule has 0 fully saturated rings. The number of methoxy groups -OCH3 is 1. The maximum absolute atomic E-state index is 11.3. The summed E-state index contributed by atoms with van der Waals surface area (Å²) < 4.78 is 5.26. The van der Waals surface area contributed by atoms with Crippen molar-refractivity contribution in [2.75, 3.05) is 7.11 Å². The van der Waals surface area contributed by atoms with E-state index in [0.717, 1.165) is 11.1 Å². The minimum absolute atomic E-state index is 0.353. The van der Waals surface area contributed by atoms with Crippen molar-refractivity contribution < 1.29 is 9.53 Å². The molecule has 2 rings (SSSR count). The lowest BCUT2D eigenvalue weighted by Crippen LogP contribution is -1.96. The standard InChI is InChI=1S/C12H9ClO2S/c1-15-12(14)10-7-9(11(13)16-10)8-5-3-2-4-6-8/h2-7H,1H3. The van der Waals surface area contributed by atoms with Gasteiger partial charge in [-0.1, -0.05) is 41.9 Å². The molecule has 0 aliphatic carbocycles. The minimum atomic E-state index is -0.353. The van der Waals surface area contributed by atoms with E-state index in [9.17, 15) is 4.79 Å². The Balaban J connectivity index is 2.44. The molecule has 82 valence electrons. The molecule has 0 amide bonds. The summed E-state index contributed by atoms with van der Waals surface area (Å²) in [5, 5.41) is 0. The molecule has 0 N–H and O–H groups in total. The maximum Gasteiger partial charge on any atom is 0.348 e. The molecule has 1 aromatic carbocycles. The minimum Gasteiger partial charge on any atom is -0.465 e. The number of esters is 1. The highest BCUT2D eigenvalue weighted by molar-refractivity contribution is 7.18. The van der Waals surface area contributed by atoms with Gasteiger partial charge in [-0.15, -0.1) is 11.3 Å². The van der Waals surface area contributed by atoms with Crippen LogP contribution in [0.25, 0.3) is 11.1 Å². The second-order valence-electron chi connectivity index (χ2n) is 3.16. The van der Waals surface area contributed by atoms with Gasteiger partial charge in [-0.2, -0.15) is 0 Å². The zero-order valence-corrected chi connectivity index (χ0v) is 10.1. The van der Waals surface area contributed by atoms with Gasteiger partial charge in [0, 0.05) is 5.56 Å². The fraction of sp³-hybridized carbons (Fsp3) is 0.0833. The molecule has 0 saturated carbocycles. The van der Waals surface area contributed by atoms with Crippen LogP contribution in [0.2, 0.25) is 4.34 Å². The Bertz CT molecular complexity index is 505. The summed E-state index contributed by atoms with van der Waals surface area (Å²) >= 11 is 7.32. The summed E-state index contributed by atoms with van der Waals surface area (Å²) in [6.07, 6.45) is 0. The van der Waals surface area contributed by atoms with E-state index in [1.165, 1.54) is 18.4 Å². The molecule has 0 atom stereocenters. The number of halogens is 1. The van der Waals surface area contributed by atoms with Gasteiger partial charge in [0.1, 0.15) is 9.21 Å². The summed E-state index contributed by atoms with van der Waals surface area (Å²) in [7, 11) is 1.36. The Labute approximate surface area is 102 Å². The SMILES string of the molecule is COC(=O)c1cc(-c2ccccc2)c(Cl)s1. The van der Waals surface area contributed by atoms with E-state index in [-0.39, 0.29) is 5.97 Å². The molecule has 16 heavy (non-hydrogen) atoms. The van der Waals surface area contributed by atoms with Crippen molar-refractivity contribution in [2.24, 2.45) is 0 Å². The van der Waals surface area contributed by atoms with Crippen LogP contribution in [0.1, 0.15) is 9.67 Å². The van der Waals surface area contributed by atoms with Gasteiger partial charge in [0.05, 0.1) is 7.11 Å². The van der Waals surface area contributed by atoms with Crippen LogP contribution >= 0.6 is 22.9 Å². The Morgan fingerprint density at radius 1 is 1.31 bits per heavy atom. The first-order valence-electron chi connectivity index (χ1n) is 4.65. The highest BCUT2D eigenvalue weighted by Crippen LogP contribution is 2.35. The maximum atomic E-state index is 11.3. The summed E-state index contributed by atoms with van der Waals surface area (Å²) in [4.78, 5) is 11.9. The topological polar surface area (TPSA) is 26.3 Å². The lowest BCUT2D eigenvalue weighted by atomic mass is 10.1. The van der Waals surface area contributed by atoms with E-state index < -0.39 is 0 Å². The second kappa shape index (κ2) is 4.68. The zero-order chi connectivity index (χ0) is 11.5. The van der Waals surface area contributed by atoms with E-state index in [1.807, 2.05) is 30.3 Å². The zero-order valence-electron chi connectivity index (χ0n) is 8.57. The Morgan fingerprint density at radius 3 is 2.62 bits per heavy atom. The molecule has 0 bridgehead atoms. The van der Waals surface area contributed by atoms with Gasteiger partial charge in [-0.25, -0.2) is 4.79 Å². The molecule has 0 aliphatic rings. The predicted molar refractivity (Wildman–Crippen MR) is 66.1 cm³/mol. The summed E-state index contributed by atoms with van der Waals surface area (Å²) in [5.41, 5.74) is 1.87. The highest BCUT2D eigenvalue weighted by Gasteiger charge is 2.14. The monoisotopic (exact) mass is 252 g/mol. The van der Waals surface area contributed by atoms with E-state index >= 15 is 0 Å². The molecule has 2 aromatic rings. The lowest BCUT2D eigenvalue weighted by Gasteiger charge is -1.96. The Morgan fingerprint density at radius 2 is 2.00 bits per heavy atom. The van der Waals surface area contributed by atoms with Crippen molar-refractivity contribution in [3.8, 4) is 11.1 Å². The third kappa shape index (κ3) is 2.10. The third-order valence-electron chi connectivity index (χ3n) is 2.16. The Kier molecular flexibility index (Phi) is 3.27. The first-order chi connectivity index (χ1) is 7.72. The van der Waals surface area contributed by atoms with Crippen molar-refractivity contribution in [2.45, 2.75) is 0 Å². The molecule has 1 aromatic heterocycles. The molecule has 0 spiro atoms. The lowest BCUT2D eigenvalue weighted by molar-refractivity contribution is 0.0606.